The van der Waals surface area contributed by atoms with E-state index >= 15 is 0 Å². The molecule has 6 heterocycles. The van der Waals surface area contributed by atoms with E-state index in [0.29, 0.717) is 11.1 Å². The standard InChI is InChI=1S/C36H32N2O2S2.C32H32N2O2.C28H28N2O2S2/c1-3-5-19-37-29-17-15-23-11-7-9-13-25(23)35(29)41-31(37)21-27-33(39)28(34(27)40)22-32-38(20-6-4-2)30-18-16-24-12-8-10-14-26(24)36(30)42-32;1-3-5-17-33-19-15-23(25-11-7-9-13-29(25)33)21-27-31(35)28(32(27)36)22-24-16-20-34(18-6-4-2)30-14-10-8-12-26(24)30;1-3-5-15-29-21-11-7-9-13-23(21)33-25(29)17-19-27(31)20(28(19)32)18-26-30(16-6-4-2)22-12-8-10-14-24(22)34-26/h7-18,21-22H,3-6,19-20H2,1-2H3;7-16,19-22H,3-6,17-18H2,1-2H3;7-14,17-18H,3-6,15-16H2,1-2H3. The van der Waals surface area contributed by atoms with Crippen molar-refractivity contribution < 1.29 is 43.4 Å². The van der Waals surface area contributed by atoms with Gasteiger partial charge in [0.1, 0.15) is 15.9 Å². The average molecular weight is 1550 g/mol. The fourth-order valence-corrected chi connectivity index (χ4v) is 20.0. The minimum absolute atomic E-state index is 0.149. The minimum atomic E-state index is -0.182. The summed E-state index contributed by atoms with van der Waals surface area (Å²) >= 11 is 6.61. The number of thiazole rings is 2. The fourth-order valence-electron chi connectivity index (χ4n) is 15.2. The zero-order valence-electron chi connectivity index (χ0n) is 64.4. The SMILES string of the molecule is CCCCN1/C(=C/C2=C([O-])C(=C/c3sc4c5ccccc5ccc4[n+]3CCCC)/C2=O)Sc2c1ccc1ccccc21.CCCCN1/C(=C/C2=C([O-])C(=C/c3sc4ccccc4[n+]3CCCC)/C2=O)Sc2ccccc21.CCCCN1C=C/C(=C\C2=C([O-])C(=C/c3cc[n+](CCCC)c4ccccc34)/C2=O)c2ccccc21. The summed E-state index contributed by atoms with van der Waals surface area (Å²) in [5.74, 6) is -0.979. The Balaban J connectivity index is 0.000000134. The zero-order valence-corrected chi connectivity index (χ0v) is 67.7. The highest BCUT2D eigenvalue weighted by Crippen LogP contribution is 2.52. The average Bonchev–Trinajstić information content (AvgIpc) is 1.73. The number of thioether (sulfide) groups is 2. The molecule has 0 unspecified atom stereocenters. The van der Waals surface area contributed by atoms with Crippen molar-refractivity contribution in [2.24, 2.45) is 0 Å². The highest BCUT2D eigenvalue weighted by Gasteiger charge is 2.36. The van der Waals surface area contributed by atoms with E-state index in [4.69, 9.17) is 0 Å². The third-order valence-electron chi connectivity index (χ3n) is 21.5. The molecule has 6 aliphatic rings. The van der Waals surface area contributed by atoms with Crippen LogP contribution < -0.4 is 43.7 Å². The molecule has 12 nitrogen and oxygen atoms in total. The predicted molar refractivity (Wildman–Crippen MR) is 459 cm³/mol. The number of rotatable bonds is 24. The van der Waals surface area contributed by atoms with Gasteiger partial charge in [0.2, 0.25) is 16.6 Å². The number of fused-ring (bicyclic) bond motifs is 10. The van der Waals surface area contributed by atoms with Crippen LogP contribution in [0.15, 0.2) is 283 Å². The van der Waals surface area contributed by atoms with E-state index in [1.165, 1.54) is 40.7 Å². The first-order chi connectivity index (χ1) is 54.8. The number of carbonyl (C=O) groups excluding carboxylic acids is 3. The number of carbonyl (C=O) groups is 3. The van der Waals surface area contributed by atoms with E-state index in [1.807, 2.05) is 72.8 Å². The lowest BCUT2D eigenvalue weighted by atomic mass is 9.84. The first kappa shape index (κ1) is 76.7. The van der Waals surface area contributed by atoms with Crippen molar-refractivity contribution in [2.45, 2.75) is 148 Å². The molecular formula is C96H92N6O6S4. The fraction of sp³-hybridized carbons (Fsp3) is 0.250. The Morgan fingerprint density at radius 3 is 1.59 bits per heavy atom. The topological polar surface area (TPSA) is 142 Å². The normalized spacial score (nSPS) is 17.3. The molecule has 0 bridgehead atoms. The monoisotopic (exact) mass is 1550 g/mol. The Hall–Kier alpha value is -10.6. The van der Waals surface area contributed by atoms with Gasteiger partial charge < -0.3 is 30.0 Å². The molecule has 3 aliphatic carbocycles. The third kappa shape index (κ3) is 15.2. The second kappa shape index (κ2) is 34.6. The molecule has 3 aromatic heterocycles. The molecule has 11 aromatic rings. The Bertz CT molecular complexity index is 5900. The number of aryl methyl sites for hydroxylation is 3. The van der Waals surface area contributed by atoms with Gasteiger partial charge in [-0.3, -0.25) is 14.4 Å². The van der Waals surface area contributed by atoms with Crippen LogP contribution in [0.1, 0.15) is 140 Å². The lowest BCUT2D eigenvalue weighted by Crippen LogP contribution is -2.36. The first-order valence-electron chi connectivity index (χ1n) is 39.7. The molecule has 0 saturated carbocycles. The number of ketones is 3. The zero-order chi connectivity index (χ0) is 77.5. The van der Waals surface area contributed by atoms with Gasteiger partial charge in [0.15, 0.2) is 36.6 Å². The summed E-state index contributed by atoms with van der Waals surface area (Å²) in [6, 6.07) is 60.3. The molecule has 0 spiro atoms. The maximum Gasteiger partial charge on any atom is 0.263 e. The van der Waals surface area contributed by atoms with Crippen molar-refractivity contribution >= 4 is 157 Å². The van der Waals surface area contributed by atoms with E-state index in [2.05, 4.69) is 204 Å². The van der Waals surface area contributed by atoms with Gasteiger partial charge in [-0.15, -0.1) is 0 Å². The Labute approximate surface area is 672 Å². The number of para-hydroxylation sites is 4. The molecule has 0 atom stereocenters. The first-order valence-corrected chi connectivity index (χ1v) is 43.0. The number of hydrogen-bond donors (Lipinski definition) is 0. The van der Waals surface area contributed by atoms with Crippen LogP contribution in [0.2, 0.25) is 0 Å². The number of pyridine rings is 1. The van der Waals surface area contributed by atoms with Gasteiger partial charge >= 0.3 is 0 Å². The summed E-state index contributed by atoms with van der Waals surface area (Å²) in [7, 11) is 0. The quantitative estimate of drug-likeness (QED) is 0.0421. The molecule has 112 heavy (non-hydrogen) atoms. The summed E-state index contributed by atoms with van der Waals surface area (Å²) < 4.78 is 9.12. The maximum absolute atomic E-state index is 13.5. The molecule has 0 saturated heterocycles. The number of allylic oxidation sites excluding steroid dienone is 11. The second-order valence-electron chi connectivity index (χ2n) is 29.0. The van der Waals surface area contributed by atoms with Crippen molar-refractivity contribution in [3.05, 3.63) is 295 Å². The molecule has 3 aliphatic heterocycles. The minimum Gasteiger partial charge on any atom is -0.871 e. The van der Waals surface area contributed by atoms with Gasteiger partial charge in [-0.25, -0.2) is 0 Å². The van der Waals surface area contributed by atoms with E-state index in [-0.39, 0.29) is 56.9 Å². The van der Waals surface area contributed by atoms with E-state index < -0.39 is 0 Å². The molecule has 8 aromatic carbocycles. The van der Waals surface area contributed by atoms with Gasteiger partial charge in [-0.05, 0) is 119 Å². The van der Waals surface area contributed by atoms with Gasteiger partial charge in [0, 0.05) is 141 Å². The number of nitrogens with zero attached hydrogens (tertiary/aromatic N) is 6. The van der Waals surface area contributed by atoms with E-state index in [9.17, 15) is 29.7 Å². The summed E-state index contributed by atoms with van der Waals surface area (Å²) in [6.45, 7) is 18.4. The molecule has 0 N–H and O–H groups in total. The van der Waals surface area contributed by atoms with Crippen LogP contribution >= 0.6 is 46.2 Å². The highest BCUT2D eigenvalue weighted by atomic mass is 32.2. The molecule has 16 heteroatoms. The van der Waals surface area contributed by atoms with Gasteiger partial charge in [-0.2, -0.15) is 13.7 Å². The van der Waals surface area contributed by atoms with Crippen molar-refractivity contribution in [3.63, 3.8) is 0 Å². The van der Waals surface area contributed by atoms with Crippen LogP contribution in [-0.2, 0) is 34.0 Å². The van der Waals surface area contributed by atoms with Crippen molar-refractivity contribution in [1.82, 2.24) is 0 Å². The van der Waals surface area contributed by atoms with Gasteiger partial charge in [0.05, 0.1) is 26.8 Å². The number of Topliss-reactive ketones (excluding diaryl/α,β-unsaturated/α-hetero) is 3. The number of unbranched alkanes of at least 4 members (excludes halogenated alkanes) is 6. The number of aromatic nitrogens is 3. The largest absolute Gasteiger partial charge is 0.871 e. The van der Waals surface area contributed by atoms with Gasteiger partial charge in [0.25, 0.3) is 10.0 Å². The van der Waals surface area contributed by atoms with Crippen LogP contribution in [-0.4, -0.2) is 37.0 Å². The predicted octanol–water partition coefficient (Wildman–Crippen LogP) is 19.7. The number of benzene rings is 8. The number of hydrogen-bond acceptors (Lipinski definition) is 13. The van der Waals surface area contributed by atoms with E-state index in [0.717, 1.165) is 192 Å². The third-order valence-corrected chi connectivity index (χ3v) is 26.1. The Kier molecular flexibility index (Phi) is 23.7. The molecule has 0 radical (unpaired) electrons. The second-order valence-corrected chi connectivity index (χ2v) is 33.2. The molecule has 0 amide bonds. The van der Waals surface area contributed by atoms with E-state index in [1.54, 1.807) is 70.5 Å². The smallest absolute Gasteiger partial charge is 0.263 e. The van der Waals surface area contributed by atoms with Crippen LogP contribution in [0.25, 0.3) is 76.7 Å². The van der Waals surface area contributed by atoms with Crippen molar-refractivity contribution in [1.29, 1.82) is 0 Å². The van der Waals surface area contributed by atoms with Crippen LogP contribution in [0.3, 0.4) is 0 Å². The molecular weight excluding hydrogens is 1460 g/mol. The number of anilines is 3. The van der Waals surface area contributed by atoms with Crippen molar-refractivity contribution in [2.75, 3.05) is 34.3 Å². The summed E-state index contributed by atoms with van der Waals surface area (Å²) in [5.41, 5.74) is 11.4. The molecule has 17 rings (SSSR count). The summed E-state index contributed by atoms with van der Waals surface area (Å²) in [5, 5.41) is 49.4. The lowest BCUT2D eigenvalue weighted by Gasteiger charge is -2.31. The van der Waals surface area contributed by atoms with Gasteiger partial charge in [-0.1, -0.05) is 253 Å². The summed E-state index contributed by atoms with van der Waals surface area (Å²) in [6.07, 6.45) is 29.9. The maximum atomic E-state index is 13.5. The Morgan fingerprint density at radius 2 is 0.920 bits per heavy atom. The molecule has 566 valence electrons. The van der Waals surface area contributed by atoms with Crippen molar-refractivity contribution in [3.8, 4) is 0 Å². The molecule has 0 fully saturated rings. The highest BCUT2D eigenvalue weighted by molar-refractivity contribution is 8.04. The van der Waals surface area contributed by atoms with Crippen LogP contribution in [0, 0.1) is 0 Å². The lowest BCUT2D eigenvalue weighted by molar-refractivity contribution is -0.671. The van der Waals surface area contributed by atoms with Crippen LogP contribution in [0.5, 0.6) is 0 Å². The van der Waals surface area contributed by atoms with Crippen LogP contribution in [0.4, 0.5) is 17.1 Å². The summed E-state index contributed by atoms with van der Waals surface area (Å²) in [4.78, 5) is 48.8. The Morgan fingerprint density at radius 1 is 0.411 bits per heavy atom.